The summed E-state index contributed by atoms with van der Waals surface area (Å²) in [5, 5.41) is 5.20. The minimum absolute atomic E-state index is 0.239. The van der Waals surface area contributed by atoms with E-state index in [2.05, 4.69) is 10.4 Å². The zero-order valence-corrected chi connectivity index (χ0v) is 10.8. The van der Waals surface area contributed by atoms with E-state index in [1.54, 1.807) is 0 Å². The van der Waals surface area contributed by atoms with Crippen LogP contribution in [0.1, 0.15) is 36.2 Å². The molecule has 1 aliphatic carbocycles. The van der Waals surface area contributed by atoms with Crippen molar-refractivity contribution in [3.05, 3.63) is 17.0 Å². The summed E-state index contributed by atoms with van der Waals surface area (Å²) >= 11 is 0. The van der Waals surface area contributed by atoms with Crippen molar-refractivity contribution >= 4 is 5.91 Å². The summed E-state index contributed by atoms with van der Waals surface area (Å²) < 4.78 is 81.2. The zero-order valence-electron chi connectivity index (χ0n) is 10.8. The number of likely N-dealkylation sites (N-methyl/N-ethyl adjacent to an activating group) is 1. The predicted molar refractivity (Wildman–Crippen MR) is 58.3 cm³/mol. The number of halogens is 6. The minimum Gasteiger partial charge on any atom is -0.358 e. The molecule has 0 fully saturated rings. The number of carbonyl (C=O) groups excluding carboxylic acids is 1. The van der Waals surface area contributed by atoms with Crippen LogP contribution in [0.25, 0.3) is 0 Å². The van der Waals surface area contributed by atoms with E-state index in [0.29, 0.717) is 0 Å². The number of nitrogens with zero attached hydrogens (tertiary/aromatic N) is 2. The molecule has 0 aromatic carbocycles. The van der Waals surface area contributed by atoms with Gasteiger partial charge in [0.1, 0.15) is 17.9 Å². The molecular formula is C11H11F6N3O. The summed E-state index contributed by atoms with van der Waals surface area (Å²) in [6.07, 6.45) is -5.89. The number of hydrogen-bond donors (Lipinski definition) is 1. The fourth-order valence-corrected chi connectivity index (χ4v) is 2.25. The van der Waals surface area contributed by atoms with Crippen LogP contribution in [0.15, 0.2) is 0 Å². The van der Waals surface area contributed by atoms with Crippen molar-refractivity contribution in [3.63, 3.8) is 0 Å². The fraction of sp³-hybridized carbons (Fsp3) is 0.636. The van der Waals surface area contributed by atoms with Crippen LogP contribution < -0.4 is 5.32 Å². The van der Waals surface area contributed by atoms with Gasteiger partial charge in [0.25, 0.3) is 18.3 Å². The topological polar surface area (TPSA) is 46.9 Å². The van der Waals surface area contributed by atoms with Gasteiger partial charge in [0.2, 0.25) is 5.91 Å². The molecule has 0 radical (unpaired) electrons. The highest BCUT2D eigenvalue weighted by molar-refractivity contribution is 5.75. The molecule has 1 amide bonds. The summed E-state index contributed by atoms with van der Waals surface area (Å²) in [7, 11) is 1.19. The maximum Gasteiger partial charge on any atom is 0.290 e. The van der Waals surface area contributed by atoms with Crippen LogP contribution in [-0.4, -0.2) is 22.7 Å². The van der Waals surface area contributed by atoms with Gasteiger partial charge in [-0.2, -0.15) is 13.9 Å². The Balaban J connectivity index is 2.67. The molecule has 0 atom stereocenters. The summed E-state index contributed by atoms with van der Waals surface area (Å²) in [5.74, 6) is -8.39. The van der Waals surface area contributed by atoms with Crippen molar-refractivity contribution < 1.29 is 31.1 Å². The molecule has 0 aliphatic heterocycles. The number of aromatic nitrogens is 2. The van der Waals surface area contributed by atoms with Crippen molar-refractivity contribution in [1.29, 1.82) is 0 Å². The monoisotopic (exact) mass is 315 g/mol. The lowest BCUT2D eigenvalue weighted by molar-refractivity contribution is -0.122. The lowest BCUT2D eigenvalue weighted by atomic mass is 9.89. The second-order valence-corrected chi connectivity index (χ2v) is 4.65. The van der Waals surface area contributed by atoms with Gasteiger partial charge in [-0.15, -0.1) is 0 Å². The van der Waals surface area contributed by atoms with Gasteiger partial charge in [-0.3, -0.25) is 9.48 Å². The van der Waals surface area contributed by atoms with Crippen LogP contribution >= 0.6 is 0 Å². The lowest BCUT2D eigenvalue weighted by Gasteiger charge is -2.29. The summed E-state index contributed by atoms with van der Waals surface area (Å²) in [6.45, 7) is -0.836. The third-order valence-electron chi connectivity index (χ3n) is 3.22. The molecule has 0 saturated carbocycles. The maximum atomic E-state index is 13.9. The Kier molecular flexibility index (Phi) is 3.66. The molecule has 0 bridgehead atoms. The molecule has 0 spiro atoms. The van der Waals surface area contributed by atoms with Crippen molar-refractivity contribution in [3.8, 4) is 0 Å². The fourth-order valence-electron chi connectivity index (χ4n) is 2.25. The standard InChI is InChI=1S/C11H11F6N3O/c1-18-5(21)4-20-8-6(7(19-20)9(12)13)10(14,15)2-3-11(8,16)17/h9H,2-4H2,1H3,(H,18,21). The molecular weight excluding hydrogens is 304 g/mol. The largest absolute Gasteiger partial charge is 0.358 e. The Morgan fingerprint density at radius 3 is 2.38 bits per heavy atom. The first kappa shape index (κ1) is 15.6. The van der Waals surface area contributed by atoms with Crippen LogP contribution in [0.4, 0.5) is 26.3 Å². The quantitative estimate of drug-likeness (QED) is 0.872. The number of fused-ring (bicyclic) bond motifs is 1. The van der Waals surface area contributed by atoms with Gasteiger partial charge in [-0.25, -0.2) is 17.6 Å². The van der Waals surface area contributed by atoms with Crippen LogP contribution in [-0.2, 0) is 23.2 Å². The van der Waals surface area contributed by atoms with Crippen LogP contribution in [0.3, 0.4) is 0 Å². The Morgan fingerprint density at radius 1 is 1.29 bits per heavy atom. The molecule has 1 N–H and O–H groups in total. The number of carbonyl (C=O) groups is 1. The molecule has 10 heteroatoms. The summed E-state index contributed by atoms with van der Waals surface area (Å²) in [6, 6.07) is 0. The highest BCUT2D eigenvalue weighted by Gasteiger charge is 2.54. The van der Waals surface area contributed by atoms with Gasteiger partial charge in [-0.05, 0) is 0 Å². The second kappa shape index (κ2) is 4.92. The van der Waals surface area contributed by atoms with Gasteiger partial charge in [0.05, 0.1) is 5.56 Å². The predicted octanol–water partition coefficient (Wildman–Crippen LogP) is 2.54. The van der Waals surface area contributed by atoms with Crippen LogP contribution in [0, 0.1) is 0 Å². The molecule has 1 aromatic rings. The molecule has 2 rings (SSSR count). The molecule has 21 heavy (non-hydrogen) atoms. The average Bonchev–Trinajstić information content (AvgIpc) is 2.77. The van der Waals surface area contributed by atoms with E-state index in [1.165, 1.54) is 7.05 Å². The Bertz CT molecular complexity index is 569. The molecule has 4 nitrogen and oxygen atoms in total. The molecule has 1 heterocycles. The summed E-state index contributed by atoms with van der Waals surface area (Å²) in [5.41, 5.74) is -4.17. The third kappa shape index (κ3) is 2.58. The van der Waals surface area contributed by atoms with Crippen LogP contribution in [0.2, 0.25) is 0 Å². The van der Waals surface area contributed by atoms with E-state index in [0.717, 1.165) is 0 Å². The number of rotatable bonds is 3. The Morgan fingerprint density at radius 2 is 1.86 bits per heavy atom. The number of alkyl halides is 6. The van der Waals surface area contributed by atoms with E-state index in [4.69, 9.17) is 0 Å². The molecule has 0 saturated heterocycles. The summed E-state index contributed by atoms with van der Waals surface area (Å²) in [4.78, 5) is 11.2. The van der Waals surface area contributed by atoms with Gasteiger partial charge in [0, 0.05) is 19.9 Å². The van der Waals surface area contributed by atoms with Crippen molar-refractivity contribution in [2.24, 2.45) is 0 Å². The number of hydrogen-bond acceptors (Lipinski definition) is 2. The van der Waals surface area contributed by atoms with Gasteiger partial charge in [0.15, 0.2) is 0 Å². The Labute approximate surface area is 115 Å². The first-order valence-electron chi connectivity index (χ1n) is 5.96. The van der Waals surface area contributed by atoms with Crippen molar-refractivity contribution in [2.75, 3.05) is 7.05 Å². The number of nitrogens with one attached hydrogen (secondary N) is 1. The first-order chi connectivity index (χ1) is 9.60. The molecule has 1 aromatic heterocycles. The normalized spacial score (nSPS) is 19.4. The van der Waals surface area contributed by atoms with E-state index < -0.39 is 60.5 Å². The van der Waals surface area contributed by atoms with Crippen LogP contribution in [0.5, 0.6) is 0 Å². The van der Waals surface area contributed by atoms with E-state index in [9.17, 15) is 31.1 Å². The first-order valence-corrected chi connectivity index (χ1v) is 5.96. The molecule has 118 valence electrons. The van der Waals surface area contributed by atoms with Crippen molar-refractivity contribution in [1.82, 2.24) is 15.1 Å². The highest BCUT2D eigenvalue weighted by atomic mass is 19.3. The average molecular weight is 315 g/mol. The minimum atomic E-state index is -3.83. The zero-order chi connectivity index (χ0) is 16.0. The lowest BCUT2D eigenvalue weighted by Crippen LogP contribution is -2.34. The third-order valence-corrected chi connectivity index (χ3v) is 3.22. The SMILES string of the molecule is CNC(=O)Cn1nc(C(F)F)c2c1C(F)(F)CCC2(F)F. The highest BCUT2D eigenvalue weighted by Crippen LogP contribution is 2.52. The van der Waals surface area contributed by atoms with E-state index in [1.807, 2.05) is 0 Å². The van der Waals surface area contributed by atoms with E-state index >= 15 is 0 Å². The smallest absolute Gasteiger partial charge is 0.290 e. The van der Waals surface area contributed by atoms with E-state index in [-0.39, 0.29) is 4.68 Å². The van der Waals surface area contributed by atoms with Crippen molar-refractivity contribution in [2.45, 2.75) is 37.7 Å². The van der Waals surface area contributed by atoms with Gasteiger partial charge >= 0.3 is 0 Å². The molecule has 0 unspecified atom stereocenters. The van der Waals surface area contributed by atoms with Gasteiger partial charge in [-0.1, -0.05) is 0 Å². The van der Waals surface area contributed by atoms with Gasteiger partial charge < -0.3 is 5.32 Å². The number of amides is 1. The maximum absolute atomic E-state index is 13.9. The Hall–Kier alpha value is -1.74. The molecule has 1 aliphatic rings. The second-order valence-electron chi connectivity index (χ2n) is 4.65.